The van der Waals surface area contributed by atoms with Gasteiger partial charge in [0, 0.05) is 44.3 Å². The molecule has 0 saturated carbocycles. The summed E-state index contributed by atoms with van der Waals surface area (Å²) in [7, 11) is 0. The van der Waals surface area contributed by atoms with Crippen molar-refractivity contribution in [2.75, 3.05) is 32.8 Å². The summed E-state index contributed by atoms with van der Waals surface area (Å²) in [4.78, 5) is 26.4. The average Bonchev–Trinajstić information content (AvgIpc) is 3.15. The number of rotatable bonds is 5. The number of hydrogen-bond donors (Lipinski definition) is 1. The Balaban J connectivity index is 1.40. The molecule has 1 aromatic carbocycles. The Bertz CT molecular complexity index is 591. The molecule has 0 aliphatic carbocycles. The lowest BCUT2D eigenvalue weighted by molar-refractivity contribution is -0.126. The normalized spacial score (nSPS) is 21.3. The minimum Gasteiger partial charge on any atom is -0.381 e. The maximum absolute atomic E-state index is 13.0. The van der Waals surface area contributed by atoms with Crippen LogP contribution in [0, 0.1) is 17.7 Å². The second kappa shape index (κ2) is 8.43. The molecule has 0 bridgehead atoms. The Hall–Kier alpha value is -1.95. The van der Waals surface area contributed by atoms with Crippen molar-refractivity contribution in [1.82, 2.24) is 10.2 Å². The Morgan fingerprint density at radius 3 is 2.52 bits per heavy atom. The van der Waals surface area contributed by atoms with Gasteiger partial charge in [0.1, 0.15) is 5.82 Å². The van der Waals surface area contributed by atoms with Gasteiger partial charge in [-0.2, -0.15) is 0 Å². The molecule has 1 unspecified atom stereocenters. The Morgan fingerprint density at radius 2 is 1.88 bits per heavy atom. The van der Waals surface area contributed by atoms with Crippen LogP contribution in [0.2, 0.25) is 0 Å². The molecule has 25 heavy (non-hydrogen) atoms. The van der Waals surface area contributed by atoms with Gasteiger partial charge in [-0.15, -0.1) is 0 Å². The van der Waals surface area contributed by atoms with Crippen LogP contribution in [0.3, 0.4) is 0 Å². The minimum atomic E-state index is -0.351. The van der Waals surface area contributed by atoms with Crippen LogP contribution >= 0.6 is 0 Å². The number of nitrogens with one attached hydrogen (secondary N) is 1. The number of carbonyl (C=O) groups excluding carboxylic acids is 2. The maximum atomic E-state index is 13.0. The third kappa shape index (κ3) is 4.78. The molecule has 0 aromatic heterocycles. The summed E-state index contributed by atoms with van der Waals surface area (Å²) in [6, 6.07) is 5.60. The van der Waals surface area contributed by atoms with E-state index >= 15 is 0 Å². The monoisotopic (exact) mass is 348 g/mol. The Morgan fingerprint density at radius 1 is 1.16 bits per heavy atom. The van der Waals surface area contributed by atoms with E-state index < -0.39 is 0 Å². The lowest BCUT2D eigenvalue weighted by Crippen LogP contribution is -2.43. The fourth-order valence-corrected chi connectivity index (χ4v) is 3.47. The van der Waals surface area contributed by atoms with Gasteiger partial charge in [0.25, 0.3) is 5.91 Å². The summed E-state index contributed by atoms with van der Waals surface area (Å²) >= 11 is 0. The molecule has 1 aromatic rings. The van der Waals surface area contributed by atoms with Crippen molar-refractivity contribution in [3.05, 3.63) is 35.6 Å². The van der Waals surface area contributed by atoms with Gasteiger partial charge < -0.3 is 15.0 Å². The molecule has 6 heteroatoms. The first-order valence-corrected chi connectivity index (χ1v) is 9.04. The van der Waals surface area contributed by atoms with Crippen LogP contribution in [-0.4, -0.2) is 49.6 Å². The van der Waals surface area contributed by atoms with Gasteiger partial charge in [0.2, 0.25) is 5.91 Å². The second-order valence-corrected chi connectivity index (χ2v) is 6.88. The highest BCUT2D eigenvalue weighted by atomic mass is 19.1. The number of amides is 2. The van der Waals surface area contributed by atoms with E-state index in [1.165, 1.54) is 24.3 Å². The first-order valence-electron chi connectivity index (χ1n) is 9.04. The van der Waals surface area contributed by atoms with Gasteiger partial charge >= 0.3 is 0 Å². The summed E-state index contributed by atoms with van der Waals surface area (Å²) in [5, 5.41) is 3.02. The molecule has 2 aliphatic rings. The lowest BCUT2D eigenvalue weighted by atomic mass is 9.95. The number of ether oxygens (including phenoxy) is 1. The van der Waals surface area contributed by atoms with Crippen molar-refractivity contribution in [2.45, 2.75) is 25.7 Å². The highest BCUT2D eigenvalue weighted by Crippen LogP contribution is 2.20. The molecule has 0 spiro atoms. The van der Waals surface area contributed by atoms with Gasteiger partial charge in [0.05, 0.1) is 0 Å². The van der Waals surface area contributed by atoms with E-state index in [2.05, 4.69) is 5.32 Å². The van der Waals surface area contributed by atoms with E-state index in [9.17, 15) is 14.0 Å². The van der Waals surface area contributed by atoms with Crippen molar-refractivity contribution in [3.8, 4) is 0 Å². The van der Waals surface area contributed by atoms with E-state index in [1.54, 1.807) is 4.90 Å². The molecule has 2 amide bonds. The summed E-state index contributed by atoms with van der Waals surface area (Å²) in [6.07, 6.45) is 3.39. The maximum Gasteiger partial charge on any atom is 0.253 e. The highest BCUT2D eigenvalue weighted by Gasteiger charge is 2.28. The topological polar surface area (TPSA) is 58.6 Å². The summed E-state index contributed by atoms with van der Waals surface area (Å²) < 4.78 is 18.3. The number of halogens is 1. The number of benzene rings is 1. The van der Waals surface area contributed by atoms with Gasteiger partial charge in [-0.05, 0) is 55.9 Å². The fraction of sp³-hybridized carbons (Fsp3) is 0.579. The molecule has 3 rings (SSSR count). The molecule has 2 heterocycles. The number of nitrogens with zero attached hydrogens (tertiary/aromatic N) is 1. The summed E-state index contributed by atoms with van der Waals surface area (Å²) in [5.74, 6) is 0.177. The second-order valence-electron chi connectivity index (χ2n) is 6.88. The molecule has 1 N–H and O–H groups in total. The molecular formula is C19H25FN2O3. The van der Waals surface area contributed by atoms with Crippen molar-refractivity contribution in [1.29, 1.82) is 0 Å². The third-order valence-electron chi connectivity index (χ3n) is 5.12. The molecule has 2 fully saturated rings. The fourth-order valence-electron chi connectivity index (χ4n) is 3.47. The van der Waals surface area contributed by atoms with Crippen LogP contribution in [-0.2, 0) is 9.53 Å². The summed E-state index contributed by atoms with van der Waals surface area (Å²) in [6.45, 7) is 3.45. The standard InChI is InChI=1S/C19H25FN2O3/c20-17-3-1-16(2-4-17)19(24)22-10-6-15(7-11-22)18(23)21-9-5-14-8-12-25-13-14/h1-4,14-15H,5-13H2,(H,21,23). The van der Waals surface area contributed by atoms with Crippen LogP contribution in [0.1, 0.15) is 36.0 Å². The Labute approximate surface area is 147 Å². The first-order chi connectivity index (χ1) is 12.1. The first kappa shape index (κ1) is 17.9. The van der Waals surface area contributed by atoms with Gasteiger partial charge in [-0.25, -0.2) is 4.39 Å². The number of carbonyl (C=O) groups is 2. The van der Waals surface area contributed by atoms with Crippen molar-refractivity contribution < 1.29 is 18.7 Å². The zero-order chi connectivity index (χ0) is 17.6. The van der Waals surface area contributed by atoms with Crippen LogP contribution in [0.5, 0.6) is 0 Å². The molecule has 2 saturated heterocycles. The SMILES string of the molecule is O=C(NCCC1CCOC1)C1CCN(C(=O)c2ccc(F)cc2)CC1. The quantitative estimate of drug-likeness (QED) is 0.888. The summed E-state index contributed by atoms with van der Waals surface area (Å²) in [5.41, 5.74) is 0.489. The molecule has 136 valence electrons. The predicted octanol–water partition coefficient (Wildman–Crippen LogP) is 2.22. The van der Waals surface area contributed by atoms with E-state index in [0.717, 1.165) is 26.1 Å². The van der Waals surface area contributed by atoms with E-state index in [4.69, 9.17) is 4.74 Å². The van der Waals surface area contributed by atoms with Crippen molar-refractivity contribution in [2.24, 2.45) is 11.8 Å². The van der Waals surface area contributed by atoms with Gasteiger partial charge in [-0.1, -0.05) is 0 Å². The van der Waals surface area contributed by atoms with Crippen molar-refractivity contribution in [3.63, 3.8) is 0 Å². The zero-order valence-corrected chi connectivity index (χ0v) is 14.4. The zero-order valence-electron chi connectivity index (χ0n) is 14.4. The van der Waals surface area contributed by atoms with Crippen LogP contribution in [0.15, 0.2) is 24.3 Å². The van der Waals surface area contributed by atoms with E-state index in [0.29, 0.717) is 44.0 Å². The average molecular weight is 348 g/mol. The molecular weight excluding hydrogens is 323 g/mol. The van der Waals surface area contributed by atoms with Crippen molar-refractivity contribution >= 4 is 11.8 Å². The number of likely N-dealkylation sites (tertiary alicyclic amines) is 1. The lowest BCUT2D eigenvalue weighted by Gasteiger charge is -2.31. The molecule has 2 aliphatic heterocycles. The molecule has 5 nitrogen and oxygen atoms in total. The van der Waals surface area contributed by atoms with Gasteiger partial charge in [0.15, 0.2) is 0 Å². The largest absolute Gasteiger partial charge is 0.381 e. The van der Waals surface area contributed by atoms with Crippen LogP contribution < -0.4 is 5.32 Å². The van der Waals surface area contributed by atoms with Crippen LogP contribution in [0.4, 0.5) is 4.39 Å². The van der Waals surface area contributed by atoms with E-state index in [-0.39, 0.29) is 23.5 Å². The smallest absolute Gasteiger partial charge is 0.253 e. The number of hydrogen-bond acceptors (Lipinski definition) is 3. The van der Waals surface area contributed by atoms with E-state index in [1.807, 2.05) is 0 Å². The van der Waals surface area contributed by atoms with Crippen LogP contribution in [0.25, 0.3) is 0 Å². The Kier molecular flexibility index (Phi) is 6.02. The molecule has 1 atom stereocenters. The third-order valence-corrected chi connectivity index (χ3v) is 5.12. The minimum absolute atomic E-state index is 0.0305. The van der Waals surface area contributed by atoms with Gasteiger partial charge in [-0.3, -0.25) is 9.59 Å². The highest BCUT2D eigenvalue weighted by molar-refractivity contribution is 5.94. The molecule has 0 radical (unpaired) electrons. The predicted molar refractivity (Wildman–Crippen MR) is 91.6 cm³/mol. The number of piperidine rings is 1.